The van der Waals surface area contributed by atoms with Crippen LogP contribution in [0.1, 0.15) is 34.7 Å². The lowest BCUT2D eigenvalue weighted by Gasteiger charge is -2.15. The fraction of sp³-hybridized carbons (Fsp3) is 0.200. The molecule has 23 heavy (non-hydrogen) atoms. The number of hydrogen-bond donors (Lipinski definition) is 2. The van der Waals surface area contributed by atoms with Crippen molar-refractivity contribution in [1.29, 1.82) is 0 Å². The molecule has 1 aromatic carbocycles. The Balaban J connectivity index is 2.09. The summed E-state index contributed by atoms with van der Waals surface area (Å²) in [6, 6.07) is 1.54. The van der Waals surface area contributed by atoms with Crippen molar-refractivity contribution in [2.45, 2.75) is 18.8 Å². The Morgan fingerprint density at radius 2 is 2.22 bits per heavy atom. The highest BCUT2D eigenvalue weighted by Gasteiger charge is 2.33. The number of amides is 1. The van der Waals surface area contributed by atoms with Gasteiger partial charge >= 0.3 is 0 Å². The smallest absolute Gasteiger partial charge is 0.251 e. The zero-order chi connectivity index (χ0) is 16.0. The highest BCUT2D eigenvalue weighted by Crippen LogP contribution is 2.48. The Morgan fingerprint density at radius 1 is 1.39 bits per heavy atom. The van der Waals surface area contributed by atoms with Crippen molar-refractivity contribution in [3.63, 3.8) is 0 Å². The summed E-state index contributed by atoms with van der Waals surface area (Å²) < 4.78 is 15.0. The van der Waals surface area contributed by atoms with Gasteiger partial charge in [-0.1, -0.05) is 0 Å². The molecule has 1 aliphatic carbocycles. The average molecular weight is 329 g/mol. The zero-order valence-electron chi connectivity index (χ0n) is 11.9. The molecular formula is C15H12FN5OS. The second kappa shape index (κ2) is 5.24. The van der Waals surface area contributed by atoms with Crippen LogP contribution in [0.5, 0.6) is 0 Å². The SMILES string of the molecule is NC(=O)c1cc(C2CC2)c(-c2nnc[nH]2)c(-c2cscn2)c1F. The minimum Gasteiger partial charge on any atom is -0.366 e. The fourth-order valence-electron chi connectivity index (χ4n) is 2.73. The van der Waals surface area contributed by atoms with Crippen molar-refractivity contribution >= 4 is 17.2 Å². The highest BCUT2D eigenvalue weighted by molar-refractivity contribution is 7.07. The van der Waals surface area contributed by atoms with Gasteiger partial charge in [0, 0.05) is 16.5 Å². The molecule has 8 heteroatoms. The number of rotatable bonds is 4. The number of aromatic nitrogens is 4. The number of halogens is 1. The Bertz CT molecular complexity index is 872. The molecule has 0 saturated heterocycles. The molecule has 116 valence electrons. The molecule has 2 heterocycles. The first kappa shape index (κ1) is 14.0. The quantitative estimate of drug-likeness (QED) is 0.769. The van der Waals surface area contributed by atoms with Crippen LogP contribution >= 0.6 is 11.3 Å². The number of aromatic amines is 1. The van der Waals surface area contributed by atoms with Crippen molar-refractivity contribution in [3.05, 3.63) is 40.2 Å². The highest BCUT2D eigenvalue weighted by atomic mass is 32.1. The Labute approximate surface area is 134 Å². The van der Waals surface area contributed by atoms with Crippen LogP contribution in [-0.4, -0.2) is 26.1 Å². The summed E-state index contributed by atoms with van der Waals surface area (Å²) in [7, 11) is 0. The van der Waals surface area contributed by atoms with Gasteiger partial charge in [0.15, 0.2) is 5.82 Å². The van der Waals surface area contributed by atoms with Crippen LogP contribution in [0.2, 0.25) is 0 Å². The van der Waals surface area contributed by atoms with Crippen molar-refractivity contribution in [2.24, 2.45) is 5.73 Å². The second-order valence-electron chi connectivity index (χ2n) is 5.43. The Hall–Kier alpha value is -2.61. The third-order valence-corrected chi connectivity index (χ3v) is 4.51. The third kappa shape index (κ3) is 2.31. The van der Waals surface area contributed by atoms with Gasteiger partial charge in [-0.05, 0) is 30.4 Å². The fourth-order valence-corrected chi connectivity index (χ4v) is 3.28. The lowest BCUT2D eigenvalue weighted by Crippen LogP contribution is -2.15. The Kier molecular flexibility index (Phi) is 3.19. The van der Waals surface area contributed by atoms with Gasteiger partial charge in [-0.3, -0.25) is 4.79 Å². The van der Waals surface area contributed by atoms with Crippen molar-refractivity contribution in [1.82, 2.24) is 20.2 Å². The van der Waals surface area contributed by atoms with Gasteiger partial charge in [-0.25, -0.2) is 9.37 Å². The summed E-state index contributed by atoms with van der Waals surface area (Å²) in [6.45, 7) is 0. The van der Waals surface area contributed by atoms with Crippen molar-refractivity contribution < 1.29 is 9.18 Å². The number of thiazole rings is 1. The first-order valence-corrected chi connectivity index (χ1v) is 8.02. The summed E-state index contributed by atoms with van der Waals surface area (Å²) in [5.74, 6) is -0.722. The van der Waals surface area contributed by atoms with E-state index in [9.17, 15) is 4.79 Å². The monoisotopic (exact) mass is 329 g/mol. The van der Waals surface area contributed by atoms with E-state index in [1.807, 2.05) is 0 Å². The summed E-state index contributed by atoms with van der Waals surface area (Å²) in [6.07, 6.45) is 3.42. The van der Waals surface area contributed by atoms with Gasteiger partial charge in [0.1, 0.15) is 12.1 Å². The van der Waals surface area contributed by atoms with Crippen molar-refractivity contribution in [2.75, 3.05) is 0 Å². The molecule has 0 atom stereocenters. The van der Waals surface area contributed by atoms with Crippen LogP contribution in [0.4, 0.5) is 4.39 Å². The minimum atomic E-state index is -0.787. The van der Waals surface area contributed by atoms with Gasteiger partial charge in [0.05, 0.1) is 16.8 Å². The molecule has 0 radical (unpaired) electrons. The van der Waals surface area contributed by atoms with Gasteiger partial charge < -0.3 is 10.7 Å². The standard InChI is InChI=1S/C15H12FN5OS/c16-13-9(14(17)22)3-8(7-1-2-7)11(15-18-5-20-21-15)12(13)10-4-23-6-19-10/h3-7H,1-2H2,(H2,17,22)(H,18,20,21). The van der Waals surface area contributed by atoms with Gasteiger partial charge in [-0.15, -0.1) is 21.5 Å². The predicted octanol–water partition coefficient (Wildman–Crippen LogP) is 2.71. The van der Waals surface area contributed by atoms with E-state index in [1.54, 1.807) is 17.0 Å². The summed E-state index contributed by atoms with van der Waals surface area (Å²) in [5, 5.41) is 9.56. The molecule has 0 aliphatic heterocycles. The molecule has 1 aliphatic rings. The van der Waals surface area contributed by atoms with Gasteiger partial charge in [-0.2, -0.15) is 0 Å². The van der Waals surface area contributed by atoms with Gasteiger partial charge in [0.2, 0.25) is 0 Å². The lowest BCUT2D eigenvalue weighted by molar-refractivity contribution is 0.0996. The molecule has 1 fully saturated rings. The topological polar surface area (TPSA) is 97.5 Å². The number of hydrogen-bond acceptors (Lipinski definition) is 5. The van der Waals surface area contributed by atoms with Gasteiger partial charge in [0.25, 0.3) is 5.91 Å². The number of nitrogens with two attached hydrogens (primary N) is 1. The maximum atomic E-state index is 15.0. The van der Waals surface area contributed by atoms with Crippen LogP contribution in [0, 0.1) is 5.82 Å². The summed E-state index contributed by atoms with van der Waals surface area (Å²) >= 11 is 1.35. The summed E-state index contributed by atoms with van der Waals surface area (Å²) in [5.41, 5.74) is 9.05. The van der Waals surface area contributed by atoms with E-state index in [1.165, 1.54) is 17.7 Å². The number of benzene rings is 1. The molecule has 1 amide bonds. The zero-order valence-corrected chi connectivity index (χ0v) is 12.7. The molecule has 3 aromatic rings. The largest absolute Gasteiger partial charge is 0.366 e. The first-order chi connectivity index (χ1) is 11.2. The number of nitrogens with one attached hydrogen (secondary N) is 1. The number of nitrogens with zero attached hydrogens (tertiary/aromatic N) is 3. The third-order valence-electron chi connectivity index (χ3n) is 3.92. The minimum absolute atomic E-state index is 0.113. The van der Waals surface area contributed by atoms with Crippen LogP contribution in [-0.2, 0) is 0 Å². The molecule has 0 bridgehead atoms. The maximum absolute atomic E-state index is 15.0. The second-order valence-corrected chi connectivity index (χ2v) is 6.15. The van der Waals surface area contributed by atoms with E-state index in [0.29, 0.717) is 17.1 Å². The molecule has 4 rings (SSSR count). The number of carbonyl (C=O) groups excluding carboxylic acids is 1. The van der Waals surface area contributed by atoms with Crippen molar-refractivity contribution in [3.8, 4) is 22.6 Å². The van der Waals surface area contributed by atoms with E-state index in [4.69, 9.17) is 5.73 Å². The maximum Gasteiger partial charge on any atom is 0.251 e. The molecule has 1 saturated carbocycles. The van der Waals surface area contributed by atoms with Crippen LogP contribution < -0.4 is 5.73 Å². The predicted molar refractivity (Wildman–Crippen MR) is 83.4 cm³/mol. The van der Waals surface area contributed by atoms with Crippen LogP contribution in [0.3, 0.4) is 0 Å². The van der Waals surface area contributed by atoms with E-state index in [-0.39, 0.29) is 17.0 Å². The molecule has 0 unspecified atom stereocenters. The van der Waals surface area contributed by atoms with E-state index >= 15 is 4.39 Å². The molecular weight excluding hydrogens is 317 g/mol. The first-order valence-electron chi connectivity index (χ1n) is 7.08. The van der Waals surface area contributed by atoms with Crippen LogP contribution in [0.15, 0.2) is 23.3 Å². The molecule has 6 nitrogen and oxygen atoms in total. The van der Waals surface area contributed by atoms with Crippen LogP contribution in [0.25, 0.3) is 22.6 Å². The molecule has 3 N–H and O–H groups in total. The van der Waals surface area contributed by atoms with E-state index < -0.39 is 11.7 Å². The summed E-state index contributed by atoms with van der Waals surface area (Å²) in [4.78, 5) is 18.8. The average Bonchev–Trinajstić information content (AvgIpc) is 3.02. The number of primary amides is 1. The number of carbonyl (C=O) groups is 1. The molecule has 0 spiro atoms. The van der Waals surface area contributed by atoms with E-state index in [0.717, 1.165) is 18.4 Å². The lowest BCUT2D eigenvalue weighted by atomic mass is 9.91. The normalized spacial score (nSPS) is 14.1. The Morgan fingerprint density at radius 3 is 2.78 bits per heavy atom. The van der Waals surface area contributed by atoms with E-state index in [2.05, 4.69) is 20.2 Å². The number of H-pyrrole nitrogens is 1. The molecule has 2 aromatic heterocycles.